The molecular weight excluding hydrogens is 366 g/mol. The van der Waals surface area contributed by atoms with Gasteiger partial charge in [-0.25, -0.2) is 0 Å². The molecule has 0 saturated carbocycles. The fraction of sp³-hybridized carbons (Fsp3) is 0.292. The molecule has 1 aliphatic carbocycles. The van der Waals surface area contributed by atoms with Crippen LogP contribution in [0.4, 0.5) is 5.69 Å². The number of hydrogen-bond acceptors (Lipinski definition) is 4. The third kappa shape index (κ3) is 3.73. The van der Waals surface area contributed by atoms with E-state index in [2.05, 4.69) is 11.4 Å². The number of rotatable bonds is 5. The van der Waals surface area contributed by atoms with Crippen molar-refractivity contribution in [2.75, 3.05) is 19.5 Å². The Morgan fingerprint density at radius 1 is 1.07 bits per heavy atom. The zero-order valence-electron chi connectivity index (χ0n) is 17.0. The second-order valence-electron chi connectivity index (χ2n) is 7.28. The molecule has 5 heteroatoms. The maximum atomic E-state index is 12.6. The highest BCUT2D eigenvalue weighted by Gasteiger charge is 2.20. The van der Waals surface area contributed by atoms with Crippen molar-refractivity contribution in [3.05, 3.63) is 59.4 Å². The summed E-state index contributed by atoms with van der Waals surface area (Å²) in [5.74, 6) is 2.18. The maximum absolute atomic E-state index is 12.6. The highest BCUT2D eigenvalue weighted by molar-refractivity contribution is 6.05. The van der Waals surface area contributed by atoms with Crippen LogP contribution in [0.15, 0.2) is 46.9 Å². The summed E-state index contributed by atoms with van der Waals surface area (Å²) in [4.78, 5) is 12.6. The third-order valence-corrected chi connectivity index (χ3v) is 5.41. The Hall–Kier alpha value is -3.21. The van der Waals surface area contributed by atoms with Gasteiger partial charge in [0.05, 0.1) is 19.9 Å². The molecular formula is C24H25NO4. The molecule has 0 radical (unpaired) electrons. The molecule has 0 unspecified atom stereocenters. The lowest BCUT2D eigenvalue weighted by molar-refractivity contribution is -0.111. The van der Waals surface area contributed by atoms with Gasteiger partial charge in [0.1, 0.15) is 22.8 Å². The molecule has 1 aliphatic rings. The number of allylic oxidation sites excluding steroid dienone is 1. The summed E-state index contributed by atoms with van der Waals surface area (Å²) >= 11 is 0. The molecule has 4 rings (SSSR count). The average molecular weight is 391 g/mol. The number of hydrogen-bond donors (Lipinski definition) is 1. The van der Waals surface area contributed by atoms with Crippen LogP contribution in [0.5, 0.6) is 11.5 Å². The van der Waals surface area contributed by atoms with Gasteiger partial charge in [0.2, 0.25) is 5.91 Å². The summed E-state index contributed by atoms with van der Waals surface area (Å²) in [5, 5.41) is 4.00. The second kappa shape index (κ2) is 8.03. The van der Waals surface area contributed by atoms with E-state index >= 15 is 0 Å². The predicted octanol–water partition coefficient (Wildman–Crippen LogP) is 5.37. The zero-order chi connectivity index (χ0) is 20.4. The Labute approximate surface area is 170 Å². The van der Waals surface area contributed by atoms with E-state index in [1.807, 2.05) is 37.3 Å². The van der Waals surface area contributed by atoms with Crippen LogP contribution in [0, 0.1) is 0 Å². The molecule has 0 saturated heterocycles. The summed E-state index contributed by atoms with van der Waals surface area (Å²) in [5.41, 5.74) is 4.49. The van der Waals surface area contributed by atoms with E-state index in [0.29, 0.717) is 17.2 Å². The first kappa shape index (κ1) is 19.1. The SMILES string of the molecule is COc1ccccc1NC(=O)/C=C(\C)c1cc2c3c(oc2cc1OC)CCCC3. The Kier molecular flexibility index (Phi) is 5.30. The minimum Gasteiger partial charge on any atom is -0.496 e. The molecule has 1 amide bonds. The number of amides is 1. The van der Waals surface area contributed by atoms with Crippen molar-refractivity contribution in [1.29, 1.82) is 0 Å². The summed E-state index contributed by atoms with van der Waals surface area (Å²) in [7, 11) is 3.22. The minimum atomic E-state index is -0.219. The van der Waals surface area contributed by atoms with Crippen LogP contribution < -0.4 is 14.8 Å². The number of benzene rings is 2. The number of furan rings is 1. The summed E-state index contributed by atoms with van der Waals surface area (Å²) in [6, 6.07) is 11.4. The first-order valence-corrected chi connectivity index (χ1v) is 9.85. The molecule has 0 bridgehead atoms. The number of anilines is 1. The van der Waals surface area contributed by atoms with E-state index in [1.165, 1.54) is 18.4 Å². The van der Waals surface area contributed by atoms with Gasteiger partial charge in [-0.1, -0.05) is 12.1 Å². The van der Waals surface area contributed by atoms with Gasteiger partial charge in [0, 0.05) is 35.1 Å². The van der Waals surface area contributed by atoms with Gasteiger partial charge >= 0.3 is 0 Å². The fourth-order valence-corrected chi connectivity index (χ4v) is 3.96. The lowest BCUT2D eigenvalue weighted by Gasteiger charge is -2.12. The number of fused-ring (bicyclic) bond motifs is 3. The minimum absolute atomic E-state index is 0.219. The van der Waals surface area contributed by atoms with Gasteiger partial charge in [0.25, 0.3) is 0 Å². The topological polar surface area (TPSA) is 60.7 Å². The third-order valence-electron chi connectivity index (χ3n) is 5.41. The molecule has 29 heavy (non-hydrogen) atoms. The number of carbonyl (C=O) groups is 1. The largest absolute Gasteiger partial charge is 0.496 e. The van der Waals surface area contributed by atoms with E-state index in [9.17, 15) is 4.79 Å². The number of carbonyl (C=O) groups excluding carboxylic acids is 1. The second-order valence-corrected chi connectivity index (χ2v) is 7.28. The van der Waals surface area contributed by atoms with Gasteiger partial charge < -0.3 is 19.2 Å². The van der Waals surface area contributed by atoms with Crippen molar-refractivity contribution in [1.82, 2.24) is 0 Å². The fourth-order valence-electron chi connectivity index (χ4n) is 3.96. The molecule has 5 nitrogen and oxygen atoms in total. The molecule has 1 heterocycles. The molecule has 2 aromatic carbocycles. The van der Waals surface area contributed by atoms with Gasteiger partial charge in [-0.2, -0.15) is 0 Å². The van der Waals surface area contributed by atoms with Crippen LogP contribution in [0.25, 0.3) is 16.5 Å². The van der Waals surface area contributed by atoms with E-state index in [-0.39, 0.29) is 5.91 Å². The number of nitrogens with one attached hydrogen (secondary N) is 1. The van der Waals surface area contributed by atoms with Crippen molar-refractivity contribution in [3.63, 3.8) is 0 Å². The Bertz CT molecular complexity index is 1090. The predicted molar refractivity (Wildman–Crippen MR) is 115 cm³/mol. The Morgan fingerprint density at radius 2 is 1.83 bits per heavy atom. The molecule has 0 fully saturated rings. The van der Waals surface area contributed by atoms with E-state index < -0.39 is 0 Å². The highest BCUT2D eigenvalue weighted by atomic mass is 16.5. The van der Waals surface area contributed by atoms with Gasteiger partial charge in [0.15, 0.2) is 0 Å². The van der Waals surface area contributed by atoms with E-state index in [4.69, 9.17) is 13.9 Å². The lowest BCUT2D eigenvalue weighted by Crippen LogP contribution is -2.09. The monoisotopic (exact) mass is 391 g/mol. The van der Waals surface area contributed by atoms with Crippen molar-refractivity contribution in [3.8, 4) is 11.5 Å². The van der Waals surface area contributed by atoms with E-state index in [1.54, 1.807) is 20.3 Å². The molecule has 1 aromatic heterocycles. The summed E-state index contributed by atoms with van der Waals surface area (Å²) in [6.07, 6.45) is 5.95. The number of para-hydroxylation sites is 2. The molecule has 1 N–H and O–H groups in total. The lowest BCUT2D eigenvalue weighted by atomic mass is 9.94. The smallest absolute Gasteiger partial charge is 0.248 e. The van der Waals surface area contributed by atoms with E-state index in [0.717, 1.165) is 40.7 Å². The maximum Gasteiger partial charge on any atom is 0.248 e. The molecule has 3 aromatic rings. The van der Waals surface area contributed by atoms with Crippen molar-refractivity contribution >= 4 is 28.1 Å². The first-order chi connectivity index (χ1) is 14.1. The molecule has 0 atom stereocenters. The molecule has 150 valence electrons. The number of aryl methyl sites for hydroxylation is 2. The van der Waals surface area contributed by atoms with Crippen molar-refractivity contribution < 1.29 is 18.7 Å². The van der Waals surface area contributed by atoms with Gasteiger partial charge in [-0.05, 0) is 50.0 Å². The van der Waals surface area contributed by atoms with Crippen molar-refractivity contribution in [2.45, 2.75) is 32.6 Å². The van der Waals surface area contributed by atoms with Crippen LogP contribution in [0.2, 0.25) is 0 Å². The molecule has 0 aliphatic heterocycles. The standard InChI is InChI=1S/C24H25NO4/c1-15(12-24(26)25-19-9-5-7-11-21(19)27-2)17-13-18-16-8-4-6-10-20(16)29-23(18)14-22(17)28-3/h5,7,9,11-14H,4,6,8,10H2,1-3H3,(H,25,26)/b15-12+. The zero-order valence-corrected chi connectivity index (χ0v) is 17.0. The van der Waals surface area contributed by atoms with Gasteiger partial charge in [-0.3, -0.25) is 4.79 Å². The molecule has 0 spiro atoms. The Balaban J connectivity index is 1.68. The van der Waals surface area contributed by atoms with Crippen LogP contribution in [0.1, 0.15) is 36.7 Å². The highest BCUT2D eigenvalue weighted by Crippen LogP contribution is 2.38. The van der Waals surface area contributed by atoms with Crippen LogP contribution in [-0.2, 0) is 17.6 Å². The van der Waals surface area contributed by atoms with Crippen LogP contribution in [0.3, 0.4) is 0 Å². The van der Waals surface area contributed by atoms with Crippen molar-refractivity contribution in [2.24, 2.45) is 0 Å². The van der Waals surface area contributed by atoms with Gasteiger partial charge in [-0.15, -0.1) is 0 Å². The number of ether oxygens (including phenoxy) is 2. The summed E-state index contributed by atoms with van der Waals surface area (Å²) in [6.45, 7) is 1.91. The summed E-state index contributed by atoms with van der Waals surface area (Å²) < 4.78 is 16.9. The van der Waals surface area contributed by atoms with Crippen LogP contribution >= 0.6 is 0 Å². The normalized spacial score (nSPS) is 13.8. The Morgan fingerprint density at radius 3 is 2.62 bits per heavy atom. The number of methoxy groups -OCH3 is 2. The first-order valence-electron chi connectivity index (χ1n) is 9.85. The van der Waals surface area contributed by atoms with Crippen LogP contribution in [-0.4, -0.2) is 20.1 Å². The average Bonchev–Trinajstić information content (AvgIpc) is 3.10. The quantitative estimate of drug-likeness (QED) is 0.594.